The zero-order chi connectivity index (χ0) is 16.8. The molecule has 1 N–H and O–H groups in total. The van der Waals surface area contributed by atoms with Gasteiger partial charge in [-0.25, -0.2) is 0 Å². The minimum absolute atomic E-state index is 0.258. The van der Waals surface area contributed by atoms with Gasteiger partial charge in [0.1, 0.15) is 0 Å². The van der Waals surface area contributed by atoms with Gasteiger partial charge in [-0.3, -0.25) is 14.8 Å². The Kier molecular flexibility index (Phi) is 5.64. The monoisotopic (exact) mass is 326 g/mol. The number of nitrogens with zero attached hydrogens (tertiary/aromatic N) is 3. The van der Waals surface area contributed by atoms with Gasteiger partial charge in [0.15, 0.2) is 0 Å². The number of carbonyl (C=O) groups excluding carboxylic acids is 1. The molecule has 128 valence electrons. The number of hydrogen-bond donors (Lipinski definition) is 1. The van der Waals surface area contributed by atoms with Gasteiger partial charge in [0.05, 0.1) is 6.20 Å². The molecule has 2 aromatic rings. The molecule has 5 heteroatoms. The van der Waals surface area contributed by atoms with Crippen molar-refractivity contribution in [2.45, 2.75) is 38.3 Å². The van der Waals surface area contributed by atoms with Gasteiger partial charge in [0.25, 0.3) is 0 Å². The number of aromatic nitrogens is 2. The maximum Gasteiger partial charge on any atom is 0.222 e. The second-order valence-electron chi connectivity index (χ2n) is 6.64. The first-order valence-corrected chi connectivity index (χ1v) is 8.72. The predicted octanol–water partition coefficient (Wildman–Crippen LogP) is 2.47. The fraction of sp³-hybridized carbons (Fsp3) is 0.474. The van der Waals surface area contributed by atoms with Crippen LogP contribution in [0.5, 0.6) is 0 Å². The molecule has 5 nitrogen and oxygen atoms in total. The molecular formula is C19H26N4O. The maximum atomic E-state index is 12.5. The average molecular weight is 326 g/mol. The van der Waals surface area contributed by atoms with Gasteiger partial charge in [-0.15, -0.1) is 0 Å². The lowest BCUT2D eigenvalue weighted by molar-refractivity contribution is -0.133. The number of nitrogens with one attached hydrogen (secondary N) is 1. The summed E-state index contributed by atoms with van der Waals surface area (Å²) in [5.41, 5.74) is 2.42. The number of likely N-dealkylation sites (N-methyl/N-ethyl adjacent to an activating group) is 1. The Bertz CT molecular complexity index is 626. The van der Waals surface area contributed by atoms with Crippen molar-refractivity contribution in [2.24, 2.45) is 0 Å². The minimum Gasteiger partial charge on any atom is -0.341 e. The van der Waals surface area contributed by atoms with E-state index >= 15 is 0 Å². The molecule has 1 aliphatic heterocycles. The number of benzene rings is 1. The van der Waals surface area contributed by atoms with Gasteiger partial charge >= 0.3 is 0 Å². The topological polar surface area (TPSA) is 52.2 Å². The molecule has 1 aromatic heterocycles. The van der Waals surface area contributed by atoms with Crippen LogP contribution in [-0.4, -0.2) is 52.1 Å². The van der Waals surface area contributed by atoms with Crippen LogP contribution in [0.2, 0.25) is 0 Å². The lowest BCUT2D eigenvalue weighted by Gasteiger charge is -2.37. The zero-order valence-corrected chi connectivity index (χ0v) is 14.3. The fourth-order valence-corrected chi connectivity index (χ4v) is 3.37. The van der Waals surface area contributed by atoms with Crippen molar-refractivity contribution in [3.8, 4) is 0 Å². The first kappa shape index (κ1) is 16.7. The quantitative estimate of drug-likeness (QED) is 0.887. The van der Waals surface area contributed by atoms with Gasteiger partial charge in [0.2, 0.25) is 5.91 Å². The molecule has 24 heavy (non-hydrogen) atoms. The molecule has 1 fully saturated rings. The van der Waals surface area contributed by atoms with Crippen molar-refractivity contribution in [1.82, 2.24) is 20.0 Å². The number of piperidine rings is 1. The van der Waals surface area contributed by atoms with Crippen molar-refractivity contribution in [3.63, 3.8) is 0 Å². The Hall–Kier alpha value is -2.14. The zero-order valence-electron chi connectivity index (χ0n) is 14.3. The number of aromatic amines is 1. The Morgan fingerprint density at radius 2 is 2.17 bits per heavy atom. The smallest absolute Gasteiger partial charge is 0.222 e. The summed E-state index contributed by atoms with van der Waals surface area (Å²) in [5, 5.41) is 6.73. The third-order valence-corrected chi connectivity index (χ3v) is 4.83. The van der Waals surface area contributed by atoms with E-state index in [1.165, 1.54) is 5.56 Å². The van der Waals surface area contributed by atoms with Crippen LogP contribution in [-0.2, 0) is 17.8 Å². The van der Waals surface area contributed by atoms with E-state index in [1.54, 1.807) is 6.20 Å². The van der Waals surface area contributed by atoms with Crippen molar-refractivity contribution in [1.29, 1.82) is 0 Å². The van der Waals surface area contributed by atoms with Crippen LogP contribution in [0.25, 0.3) is 0 Å². The van der Waals surface area contributed by atoms with Crippen LogP contribution in [0, 0.1) is 0 Å². The second-order valence-corrected chi connectivity index (χ2v) is 6.64. The predicted molar refractivity (Wildman–Crippen MR) is 94.4 cm³/mol. The summed E-state index contributed by atoms with van der Waals surface area (Å²) in [6, 6.07) is 11.0. The molecule has 0 aliphatic carbocycles. The summed E-state index contributed by atoms with van der Waals surface area (Å²) >= 11 is 0. The fourth-order valence-electron chi connectivity index (χ4n) is 3.37. The molecule has 0 radical (unpaired) electrons. The summed E-state index contributed by atoms with van der Waals surface area (Å²) in [5.74, 6) is 0.258. The van der Waals surface area contributed by atoms with Crippen LogP contribution in [0.4, 0.5) is 0 Å². The highest BCUT2D eigenvalue weighted by Gasteiger charge is 2.26. The highest BCUT2D eigenvalue weighted by Crippen LogP contribution is 2.18. The van der Waals surface area contributed by atoms with E-state index in [4.69, 9.17) is 0 Å². The number of H-pyrrole nitrogens is 1. The van der Waals surface area contributed by atoms with E-state index in [0.29, 0.717) is 12.5 Å². The first-order valence-electron chi connectivity index (χ1n) is 8.72. The molecule has 1 unspecified atom stereocenters. The van der Waals surface area contributed by atoms with E-state index in [1.807, 2.05) is 17.2 Å². The van der Waals surface area contributed by atoms with E-state index in [-0.39, 0.29) is 5.91 Å². The van der Waals surface area contributed by atoms with E-state index in [9.17, 15) is 4.79 Å². The molecule has 0 spiro atoms. The van der Waals surface area contributed by atoms with Gasteiger partial charge in [-0.05, 0) is 37.4 Å². The van der Waals surface area contributed by atoms with Gasteiger partial charge in [-0.1, -0.05) is 30.3 Å². The molecule has 3 rings (SSSR count). The van der Waals surface area contributed by atoms with E-state index < -0.39 is 0 Å². The molecule has 1 aliphatic rings. The molecular weight excluding hydrogens is 300 g/mol. The van der Waals surface area contributed by atoms with Crippen molar-refractivity contribution in [2.75, 3.05) is 20.1 Å². The molecule has 1 aromatic carbocycles. The molecule has 2 heterocycles. The van der Waals surface area contributed by atoms with Crippen molar-refractivity contribution in [3.05, 3.63) is 53.9 Å². The Balaban J connectivity index is 1.50. The average Bonchev–Trinajstić information content (AvgIpc) is 3.14. The lowest BCUT2D eigenvalue weighted by Crippen LogP contribution is -2.48. The minimum atomic E-state index is 0.258. The van der Waals surface area contributed by atoms with E-state index in [2.05, 4.69) is 46.4 Å². The standard InChI is InChI=1S/C19H26N4O/c1-22(14-16-6-3-2-4-7-16)18-8-5-11-23(15-18)19(24)10-9-17-12-20-21-13-17/h2-4,6-7,12-13,18H,5,8-11,14-15H2,1H3,(H,20,21). The van der Waals surface area contributed by atoms with Gasteiger partial charge < -0.3 is 4.90 Å². The molecule has 0 bridgehead atoms. The number of hydrogen-bond acceptors (Lipinski definition) is 3. The number of likely N-dealkylation sites (tertiary alicyclic amines) is 1. The number of rotatable bonds is 6. The highest BCUT2D eigenvalue weighted by atomic mass is 16.2. The van der Waals surface area contributed by atoms with Crippen LogP contribution in [0.15, 0.2) is 42.7 Å². The Morgan fingerprint density at radius 1 is 1.33 bits per heavy atom. The Labute approximate surface area is 143 Å². The summed E-state index contributed by atoms with van der Waals surface area (Å²) in [7, 11) is 2.16. The van der Waals surface area contributed by atoms with E-state index in [0.717, 1.165) is 44.5 Å². The normalized spacial score (nSPS) is 18.1. The third kappa shape index (κ3) is 4.45. The van der Waals surface area contributed by atoms with Crippen LogP contribution >= 0.6 is 0 Å². The summed E-state index contributed by atoms with van der Waals surface area (Å²) < 4.78 is 0. The number of carbonyl (C=O) groups is 1. The van der Waals surface area contributed by atoms with Crippen molar-refractivity contribution < 1.29 is 4.79 Å². The molecule has 0 saturated carbocycles. The highest BCUT2D eigenvalue weighted by molar-refractivity contribution is 5.76. The van der Waals surface area contributed by atoms with Crippen LogP contribution < -0.4 is 0 Å². The lowest BCUT2D eigenvalue weighted by atomic mass is 10.0. The summed E-state index contributed by atoms with van der Waals surface area (Å²) in [6.45, 7) is 2.66. The number of amides is 1. The van der Waals surface area contributed by atoms with Crippen LogP contribution in [0.1, 0.15) is 30.4 Å². The summed E-state index contributed by atoms with van der Waals surface area (Å²) in [4.78, 5) is 16.9. The largest absolute Gasteiger partial charge is 0.341 e. The Morgan fingerprint density at radius 3 is 2.92 bits per heavy atom. The maximum absolute atomic E-state index is 12.5. The molecule has 1 saturated heterocycles. The number of aryl methyl sites for hydroxylation is 1. The van der Waals surface area contributed by atoms with Gasteiger partial charge in [0, 0.05) is 38.3 Å². The SMILES string of the molecule is CN(Cc1ccccc1)C1CCCN(C(=O)CCc2cn[nH]c2)C1. The van der Waals surface area contributed by atoms with Crippen molar-refractivity contribution >= 4 is 5.91 Å². The van der Waals surface area contributed by atoms with Crippen LogP contribution in [0.3, 0.4) is 0 Å². The third-order valence-electron chi connectivity index (χ3n) is 4.83. The molecule has 1 atom stereocenters. The summed E-state index contributed by atoms with van der Waals surface area (Å²) in [6.07, 6.45) is 7.22. The second kappa shape index (κ2) is 8.11. The first-order chi connectivity index (χ1) is 11.7. The van der Waals surface area contributed by atoms with Gasteiger partial charge in [-0.2, -0.15) is 5.10 Å². The molecule has 1 amide bonds.